The van der Waals surface area contributed by atoms with E-state index in [1.807, 2.05) is 39.8 Å². The zero-order chi connectivity index (χ0) is 28.7. The summed E-state index contributed by atoms with van der Waals surface area (Å²) in [6.45, 7) is 8.11. The van der Waals surface area contributed by atoms with E-state index in [2.05, 4.69) is 21.3 Å². The highest BCUT2D eigenvalue weighted by Gasteiger charge is 2.37. The van der Waals surface area contributed by atoms with Gasteiger partial charge in [-0.15, -0.1) is 0 Å². The molecule has 10 nitrogen and oxygen atoms in total. The second kappa shape index (κ2) is 13.3. The summed E-state index contributed by atoms with van der Waals surface area (Å²) in [6.07, 6.45) is 1.61. The number of hydrogen-bond donors (Lipinski definition) is 4. The van der Waals surface area contributed by atoms with Gasteiger partial charge in [0.15, 0.2) is 0 Å². The molecule has 4 amide bonds. The summed E-state index contributed by atoms with van der Waals surface area (Å²) in [7, 11) is 0. The topological polar surface area (TPSA) is 143 Å². The first kappa shape index (κ1) is 30.4. The van der Waals surface area contributed by atoms with Gasteiger partial charge < -0.3 is 26.0 Å². The summed E-state index contributed by atoms with van der Waals surface area (Å²) >= 11 is 6.10. The fourth-order valence-corrected chi connectivity index (χ4v) is 4.62. The largest absolute Gasteiger partial charge is 0.449 e. The number of hydrogen-bond acceptors (Lipinski definition) is 6. The highest BCUT2D eigenvalue weighted by Crippen LogP contribution is 2.26. The van der Waals surface area contributed by atoms with Crippen LogP contribution < -0.4 is 21.3 Å². The van der Waals surface area contributed by atoms with Crippen LogP contribution in [0.4, 0.5) is 4.79 Å². The number of carbonyl (C=O) groups is 5. The zero-order valence-corrected chi connectivity index (χ0v) is 23.7. The van der Waals surface area contributed by atoms with Crippen LogP contribution in [-0.2, 0) is 29.3 Å². The lowest BCUT2D eigenvalue weighted by atomic mass is 9.86. The molecule has 0 bridgehead atoms. The molecule has 1 aromatic carbocycles. The van der Waals surface area contributed by atoms with Crippen molar-refractivity contribution in [2.75, 3.05) is 13.2 Å². The van der Waals surface area contributed by atoms with Crippen molar-refractivity contribution in [3.8, 4) is 0 Å². The van der Waals surface area contributed by atoms with Gasteiger partial charge in [-0.1, -0.05) is 51.4 Å². The minimum atomic E-state index is -1.20. The Kier molecular flexibility index (Phi) is 10.4. The first-order valence-electron chi connectivity index (χ1n) is 13.5. The number of halogens is 1. The van der Waals surface area contributed by atoms with Crippen LogP contribution in [0.2, 0.25) is 5.02 Å². The Morgan fingerprint density at radius 1 is 1.10 bits per heavy atom. The van der Waals surface area contributed by atoms with E-state index in [0.29, 0.717) is 18.0 Å². The molecule has 3 unspecified atom stereocenters. The van der Waals surface area contributed by atoms with Crippen molar-refractivity contribution in [1.82, 2.24) is 21.3 Å². The van der Waals surface area contributed by atoms with Gasteiger partial charge in [-0.2, -0.15) is 0 Å². The summed E-state index contributed by atoms with van der Waals surface area (Å²) in [4.78, 5) is 63.7. The Balaban J connectivity index is 1.66. The molecule has 0 radical (unpaired) electrons. The van der Waals surface area contributed by atoms with Crippen LogP contribution in [-0.4, -0.2) is 60.9 Å². The second-order valence-corrected chi connectivity index (χ2v) is 11.9. The Morgan fingerprint density at radius 2 is 1.82 bits per heavy atom. The molecule has 2 fully saturated rings. The third-order valence-corrected chi connectivity index (χ3v) is 7.17. The minimum Gasteiger partial charge on any atom is -0.449 e. The molecule has 1 saturated carbocycles. The number of alkyl carbamates (subject to hydrolysis) is 1. The third kappa shape index (κ3) is 9.23. The molecule has 1 saturated heterocycles. The fraction of sp³-hybridized carbons (Fsp3) is 0.607. The zero-order valence-electron chi connectivity index (χ0n) is 23.0. The van der Waals surface area contributed by atoms with Crippen LogP contribution in [0.15, 0.2) is 24.3 Å². The Bertz CT molecular complexity index is 1090. The quantitative estimate of drug-likeness (QED) is 0.272. The average Bonchev–Trinajstić information content (AvgIpc) is 3.60. The first-order valence-corrected chi connectivity index (χ1v) is 13.9. The van der Waals surface area contributed by atoms with Crippen molar-refractivity contribution >= 4 is 41.2 Å². The van der Waals surface area contributed by atoms with E-state index >= 15 is 0 Å². The smallest absolute Gasteiger partial charge is 0.407 e. The lowest BCUT2D eigenvalue weighted by molar-refractivity contribution is -0.141. The SMILES string of the molecule is CC(C)CC(NC(=O)OCC(C)(C)c1cccc(Cl)c1)C(=O)NC(CC1CCNC1=O)C(=O)C(=O)NC1CC1. The van der Waals surface area contributed by atoms with Crippen molar-refractivity contribution < 1.29 is 28.7 Å². The maximum absolute atomic E-state index is 13.3. The summed E-state index contributed by atoms with van der Waals surface area (Å²) in [6, 6.07) is 5.04. The van der Waals surface area contributed by atoms with Gasteiger partial charge in [-0.05, 0) is 55.7 Å². The maximum Gasteiger partial charge on any atom is 0.407 e. The van der Waals surface area contributed by atoms with Gasteiger partial charge in [0.25, 0.3) is 5.91 Å². The molecule has 214 valence electrons. The van der Waals surface area contributed by atoms with Crippen LogP contribution in [0.25, 0.3) is 0 Å². The molecule has 2 aliphatic rings. The molecule has 11 heteroatoms. The number of ketones is 1. The second-order valence-electron chi connectivity index (χ2n) is 11.5. The number of ether oxygens (including phenoxy) is 1. The highest BCUT2D eigenvalue weighted by atomic mass is 35.5. The summed E-state index contributed by atoms with van der Waals surface area (Å²) < 4.78 is 5.47. The van der Waals surface area contributed by atoms with E-state index in [-0.39, 0.29) is 37.3 Å². The Morgan fingerprint density at radius 3 is 2.41 bits per heavy atom. The maximum atomic E-state index is 13.3. The Hall–Kier alpha value is -3.14. The molecule has 4 N–H and O–H groups in total. The number of amides is 4. The molecule has 0 spiro atoms. The Labute approximate surface area is 234 Å². The first-order chi connectivity index (χ1) is 18.4. The van der Waals surface area contributed by atoms with E-state index in [1.165, 1.54) is 0 Å². The average molecular weight is 563 g/mol. The normalized spacial score (nSPS) is 18.6. The third-order valence-electron chi connectivity index (χ3n) is 6.94. The molecule has 3 rings (SSSR count). The summed E-state index contributed by atoms with van der Waals surface area (Å²) in [5, 5.41) is 11.2. The van der Waals surface area contributed by atoms with Crippen molar-refractivity contribution in [2.24, 2.45) is 11.8 Å². The summed E-state index contributed by atoms with van der Waals surface area (Å²) in [5.74, 6) is -2.89. The van der Waals surface area contributed by atoms with E-state index in [0.717, 1.165) is 18.4 Å². The van der Waals surface area contributed by atoms with Gasteiger partial charge in [0, 0.05) is 28.9 Å². The van der Waals surface area contributed by atoms with Crippen LogP contribution in [0.3, 0.4) is 0 Å². The number of rotatable bonds is 13. The van der Waals surface area contributed by atoms with Crippen LogP contribution in [0.1, 0.15) is 65.4 Å². The number of Topliss-reactive ketones (excluding diaryl/α,β-unsaturated/α-hetero) is 1. The predicted molar refractivity (Wildman–Crippen MR) is 146 cm³/mol. The molecule has 1 aromatic rings. The van der Waals surface area contributed by atoms with E-state index in [9.17, 15) is 24.0 Å². The lowest BCUT2D eigenvalue weighted by Gasteiger charge is -2.27. The van der Waals surface area contributed by atoms with E-state index in [4.69, 9.17) is 16.3 Å². The molecule has 1 aliphatic carbocycles. The van der Waals surface area contributed by atoms with Crippen molar-refractivity contribution in [1.29, 1.82) is 0 Å². The standard InChI is InChI=1S/C28H39ClN4O6/c1-16(2)12-22(33-27(38)39-15-28(3,4)18-6-5-7-19(29)14-18)25(36)32-21(13-17-10-11-30-24(17)35)23(34)26(37)31-20-8-9-20/h5-7,14,16-17,20-22H,8-13,15H2,1-4H3,(H,30,35)(H,31,37)(H,32,36)(H,33,38). The van der Waals surface area contributed by atoms with Crippen LogP contribution >= 0.6 is 11.6 Å². The minimum absolute atomic E-state index is 0.00115. The number of nitrogens with one attached hydrogen (secondary N) is 4. The molecule has 1 heterocycles. The molecule has 39 heavy (non-hydrogen) atoms. The lowest BCUT2D eigenvalue weighted by Crippen LogP contribution is -2.55. The van der Waals surface area contributed by atoms with Gasteiger partial charge in [0.1, 0.15) is 12.6 Å². The number of carbonyl (C=O) groups excluding carboxylic acids is 5. The summed E-state index contributed by atoms with van der Waals surface area (Å²) in [5.41, 5.74) is 0.354. The van der Waals surface area contributed by atoms with Gasteiger partial charge in [-0.3, -0.25) is 19.2 Å². The van der Waals surface area contributed by atoms with Gasteiger partial charge >= 0.3 is 6.09 Å². The fourth-order valence-electron chi connectivity index (χ4n) is 4.43. The van der Waals surface area contributed by atoms with Gasteiger partial charge in [0.05, 0.1) is 6.04 Å². The van der Waals surface area contributed by atoms with Gasteiger partial charge in [0.2, 0.25) is 17.6 Å². The molecular formula is C28H39ClN4O6. The van der Waals surface area contributed by atoms with Crippen LogP contribution in [0.5, 0.6) is 0 Å². The van der Waals surface area contributed by atoms with Crippen molar-refractivity contribution in [2.45, 2.75) is 83.3 Å². The van der Waals surface area contributed by atoms with Crippen molar-refractivity contribution in [3.05, 3.63) is 34.9 Å². The molecule has 0 aromatic heterocycles. The molecular weight excluding hydrogens is 524 g/mol. The predicted octanol–water partition coefficient (Wildman–Crippen LogP) is 2.62. The number of benzene rings is 1. The highest BCUT2D eigenvalue weighted by molar-refractivity contribution is 6.38. The van der Waals surface area contributed by atoms with E-state index in [1.54, 1.807) is 12.1 Å². The van der Waals surface area contributed by atoms with Crippen molar-refractivity contribution in [3.63, 3.8) is 0 Å². The van der Waals surface area contributed by atoms with Gasteiger partial charge in [-0.25, -0.2) is 4.79 Å². The molecule has 1 aliphatic heterocycles. The van der Waals surface area contributed by atoms with Crippen LogP contribution in [0, 0.1) is 11.8 Å². The van der Waals surface area contributed by atoms with E-state index < -0.39 is 47.1 Å². The molecule has 3 atom stereocenters. The monoisotopic (exact) mass is 562 g/mol.